The van der Waals surface area contributed by atoms with Gasteiger partial charge in [0.15, 0.2) is 5.82 Å². The lowest BCUT2D eigenvalue weighted by molar-refractivity contribution is -0.137. The second kappa shape index (κ2) is 5.77. The number of thioether (sulfide) groups is 1. The minimum absolute atomic E-state index is 0.0166. The van der Waals surface area contributed by atoms with Crippen molar-refractivity contribution in [3.8, 4) is 0 Å². The molecule has 0 atom stereocenters. The van der Waals surface area contributed by atoms with Crippen LogP contribution < -0.4 is 0 Å². The maximum absolute atomic E-state index is 13.7. The number of hydrogen-bond acceptors (Lipinski definition) is 4. The second-order valence-electron chi connectivity index (χ2n) is 2.99. The van der Waals surface area contributed by atoms with Gasteiger partial charge in [-0.15, -0.1) is 11.8 Å². The predicted octanol–water partition coefficient (Wildman–Crippen LogP) is 2.43. The average Bonchev–Trinajstić information content (AvgIpc) is 2.29. The van der Waals surface area contributed by atoms with Crippen molar-refractivity contribution >= 4 is 23.5 Å². The number of ketones is 1. The molecule has 0 amide bonds. The molecule has 0 unspecified atom stereocenters. The highest BCUT2D eigenvalue weighted by Crippen LogP contribution is 2.25. The zero-order chi connectivity index (χ0) is 13.0. The molecule has 1 aromatic rings. The largest absolute Gasteiger partial charge is 0.460 e. The summed E-state index contributed by atoms with van der Waals surface area (Å²) >= 11 is 0.824. The highest BCUT2D eigenvalue weighted by atomic mass is 32.2. The molecule has 0 radical (unpaired) electrons. The highest BCUT2D eigenvalue weighted by molar-refractivity contribution is 7.98. The second-order valence-corrected chi connectivity index (χ2v) is 3.81. The lowest BCUT2D eigenvalue weighted by atomic mass is 10.1. The van der Waals surface area contributed by atoms with Gasteiger partial charge in [0.1, 0.15) is 5.82 Å². The Morgan fingerprint density at radius 3 is 2.53 bits per heavy atom. The first-order valence-electron chi connectivity index (χ1n) is 4.76. The van der Waals surface area contributed by atoms with Crippen LogP contribution in [0.25, 0.3) is 0 Å². The molecule has 0 N–H and O–H groups in total. The first-order valence-corrected chi connectivity index (χ1v) is 5.98. The van der Waals surface area contributed by atoms with E-state index in [1.807, 2.05) is 0 Å². The number of halogens is 2. The fourth-order valence-corrected chi connectivity index (χ4v) is 1.75. The van der Waals surface area contributed by atoms with Gasteiger partial charge in [0.2, 0.25) is 0 Å². The summed E-state index contributed by atoms with van der Waals surface area (Å²) in [5.74, 6) is -4.06. The molecule has 0 fully saturated rings. The smallest absolute Gasteiger partial charge is 0.379 e. The van der Waals surface area contributed by atoms with Crippen LogP contribution in [0.5, 0.6) is 0 Å². The molecule has 0 saturated heterocycles. The van der Waals surface area contributed by atoms with Crippen LogP contribution in [0.15, 0.2) is 17.0 Å². The van der Waals surface area contributed by atoms with Crippen molar-refractivity contribution in [3.05, 3.63) is 29.3 Å². The standard InChI is InChI=1S/C11H10F2O3S/c1-3-16-11(15)9(14)6-4-5-7(12)10(17-2)8(6)13/h4-5H,3H2,1-2H3. The number of rotatable bonds is 4. The van der Waals surface area contributed by atoms with Gasteiger partial charge < -0.3 is 4.74 Å². The Bertz CT molecular complexity index is 460. The first kappa shape index (κ1) is 13.6. The van der Waals surface area contributed by atoms with Crippen molar-refractivity contribution < 1.29 is 23.1 Å². The summed E-state index contributed by atoms with van der Waals surface area (Å²) in [7, 11) is 0. The van der Waals surface area contributed by atoms with Gasteiger partial charge >= 0.3 is 5.97 Å². The van der Waals surface area contributed by atoms with E-state index in [9.17, 15) is 18.4 Å². The molecule has 0 aliphatic heterocycles. The number of benzene rings is 1. The van der Waals surface area contributed by atoms with Crippen LogP contribution in [0.2, 0.25) is 0 Å². The summed E-state index contributed by atoms with van der Waals surface area (Å²) in [6, 6.07) is 1.88. The molecule has 1 aromatic carbocycles. The van der Waals surface area contributed by atoms with Gasteiger partial charge in [-0.05, 0) is 25.3 Å². The monoisotopic (exact) mass is 260 g/mol. The summed E-state index contributed by atoms with van der Waals surface area (Å²) in [5.41, 5.74) is -0.478. The molecule has 17 heavy (non-hydrogen) atoms. The van der Waals surface area contributed by atoms with Crippen LogP contribution in [0.1, 0.15) is 17.3 Å². The Hall–Kier alpha value is -1.43. The highest BCUT2D eigenvalue weighted by Gasteiger charge is 2.24. The van der Waals surface area contributed by atoms with E-state index < -0.39 is 29.0 Å². The molecule has 0 spiro atoms. The number of esters is 1. The third-order valence-electron chi connectivity index (χ3n) is 1.96. The normalized spacial score (nSPS) is 10.1. The van der Waals surface area contributed by atoms with E-state index in [-0.39, 0.29) is 11.5 Å². The Kier molecular flexibility index (Phi) is 4.62. The van der Waals surface area contributed by atoms with Gasteiger partial charge in [-0.2, -0.15) is 0 Å². The van der Waals surface area contributed by atoms with Crippen molar-refractivity contribution in [3.63, 3.8) is 0 Å². The lowest BCUT2D eigenvalue weighted by Crippen LogP contribution is -2.19. The third-order valence-corrected chi connectivity index (χ3v) is 2.74. The summed E-state index contributed by atoms with van der Waals surface area (Å²) in [6.07, 6.45) is 1.47. The van der Waals surface area contributed by atoms with Crippen LogP contribution in [-0.4, -0.2) is 24.6 Å². The lowest BCUT2D eigenvalue weighted by Gasteiger charge is -2.06. The molecule has 0 aliphatic carbocycles. The van der Waals surface area contributed by atoms with Crippen molar-refractivity contribution in [2.24, 2.45) is 0 Å². The fourth-order valence-electron chi connectivity index (χ4n) is 1.20. The number of ether oxygens (including phenoxy) is 1. The van der Waals surface area contributed by atoms with Gasteiger partial charge in [-0.25, -0.2) is 13.6 Å². The van der Waals surface area contributed by atoms with Crippen LogP contribution in [0.4, 0.5) is 8.78 Å². The molecule has 3 nitrogen and oxygen atoms in total. The summed E-state index contributed by atoms with van der Waals surface area (Å²) in [6.45, 7) is 1.54. The first-order chi connectivity index (χ1) is 8.02. The molecular weight excluding hydrogens is 250 g/mol. The molecule has 1 rings (SSSR count). The van der Waals surface area contributed by atoms with Crippen LogP contribution in [-0.2, 0) is 9.53 Å². The average molecular weight is 260 g/mol. The zero-order valence-electron chi connectivity index (χ0n) is 9.25. The van der Waals surface area contributed by atoms with E-state index in [2.05, 4.69) is 4.74 Å². The SMILES string of the molecule is CCOC(=O)C(=O)c1ccc(F)c(SC)c1F. The third kappa shape index (κ3) is 2.82. The summed E-state index contributed by atoms with van der Waals surface area (Å²) in [4.78, 5) is 22.3. The van der Waals surface area contributed by atoms with Crippen molar-refractivity contribution in [1.29, 1.82) is 0 Å². The molecule has 6 heteroatoms. The van der Waals surface area contributed by atoms with Gasteiger partial charge in [-0.1, -0.05) is 0 Å². The van der Waals surface area contributed by atoms with Crippen LogP contribution in [0, 0.1) is 11.6 Å². The number of hydrogen-bond donors (Lipinski definition) is 0. The number of Topliss-reactive ketones (excluding diaryl/α,β-unsaturated/α-hetero) is 1. The number of carbonyl (C=O) groups excluding carboxylic acids is 2. The van der Waals surface area contributed by atoms with E-state index in [4.69, 9.17) is 0 Å². The van der Waals surface area contributed by atoms with Crippen molar-refractivity contribution in [1.82, 2.24) is 0 Å². The Morgan fingerprint density at radius 1 is 1.35 bits per heavy atom. The maximum Gasteiger partial charge on any atom is 0.379 e. The van der Waals surface area contributed by atoms with Crippen molar-refractivity contribution in [2.45, 2.75) is 11.8 Å². The molecule has 0 heterocycles. The molecule has 0 saturated carbocycles. The molecule has 92 valence electrons. The minimum atomic E-state index is -1.15. The predicted molar refractivity (Wildman–Crippen MR) is 59.1 cm³/mol. The summed E-state index contributed by atoms with van der Waals surface area (Å²) in [5, 5.41) is 0. The molecular formula is C11H10F2O3S. The number of carbonyl (C=O) groups is 2. The Balaban J connectivity index is 3.15. The van der Waals surface area contributed by atoms with Gasteiger partial charge in [-0.3, -0.25) is 4.79 Å². The topological polar surface area (TPSA) is 43.4 Å². The zero-order valence-corrected chi connectivity index (χ0v) is 10.1. The molecule has 0 bridgehead atoms. The minimum Gasteiger partial charge on any atom is -0.460 e. The van der Waals surface area contributed by atoms with Gasteiger partial charge in [0.25, 0.3) is 5.78 Å². The van der Waals surface area contributed by atoms with Crippen LogP contribution >= 0.6 is 11.8 Å². The molecule has 0 aromatic heterocycles. The van der Waals surface area contributed by atoms with E-state index >= 15 is 0 Å². The molecule has 0 aliphatic rings. The van der Waals surface area contributed by atoms with Gasteiger partial charge in [0, 0.05) is 0 Å². The van der Waals surface area contributed by atoms with Crippen molar-refractivity contribution in [2.75, 3.05) is 12.9 Å². The maximum atomic E-state index is 13.7. The van der Waals surface area contributed by atoms with Crippen LogP contribution in [0.3, 0.4) is 0 Å². The Labute approximate surface area is 101 Å². The summed E-state index contributed by atoms with van der Waals surface area (Å²) < 4.78 is 31.3. The fraction of sp³-hybridized carbons (Fsp3) is 0.273. The van der Waals surface area contributed by atoms with E-state index in [0.29, 0.717) is 0 Å². The van der Waals surface area contributed by atoms with E-state index in [1.54, 1.807) is 0 Å². The quantitative estimate of drug-likeness (QED) is 0.361. The van der Waals surface area contributed by atoms with E-state index in [1.165, 1.54) is 13.2 Å². The van der Waals surface area contributed by atoms with Gasteiger partial charge in [0.05, 0.1) is 17.1 Å². The van der Waals surface area contributed by atoms with E-state index in [0.717, 1.165) is 23.9 Å². The Morgan fingerprint density at radius 2 is 2.00 bits per heavy atom.